The standard InChI is InChI=1S/C11H18O4/c12-5-1-2-6-14-11(13)8-3-4-9-10(7-8)15-9/h8-10,12H,1-7H2. The van der Waals surface area contributed by atoms with E-state index < -0.39 is 0 Å². The maximum Gasteiger partial charge on any atom is 0.309 e. The van der Waals surface area contributed by atoms with Gasteiger partial charge in [-0.25, -0.2) is 0 Å². The molecule has 0 aromatic carbocycles. The van der Waals surface area contributed by atoms with Gasteiger partial charge in [-0.15, -0.1) is 0 Å². The monoisotopic (exact) mass is 214 g/mol. The summed E-state index contributed by atoms with van der Waals surface area (Å²) >= 11 is 0. The van der Waals surface area contributed by atoms with Crippen molar-refractivity contribution in [2.24, 2.45) is 5.92 Å². The third-order valence-corrected chi connectivity index (χ3v) is 3.13. The van der Waals surface area contributed by atoms with E-state index in [4.69, 9.17) is 14.6 Å². The number of rotatable bonds is 5. The van der Waals surface area contributed by atoms with Crippen LogP contribution in [0.5, 0.6) is 0 Å². The van der Waals surface area contributed by atoms with Gasteiger partial charge in [0.25, 0.3) is 0 Å². The van der Waals surface area contributed by atoms with E-state index in [9.17, 15) is 4.79 Å². The van der Waals surface area contributed by atoms with Crippen LogP contribution in [0.25, 0.3) is 0 Å². The van der Waals surface area contributed by atoms with Crippen molar-refractivity contribution >= 4 is 5.97 Å². The van der Waals surface area contributed by atoms with E-state index in [1.54, 1.807) is 0 Å². The molecular formula is C11H18O4. The highest BCUT2D eigenvalue weighted by Gasteiger charge is 2.46. The number of carbonyl (C=O) groups excluding carboxylic acids is 1. The minimum absolute atomic E-state index is 0.0443. The van der Waals surface area contributed by atoms with E-state index in [0.717, 1.165) is 25.7 Å². The van der Waals surface area contributed by atoms with E-state index in [1.165, 1.54) is 0 Å². The van der Waals surface area contributed by atoms with Crippen LogP contribution in [-0.2, 0) is 14.3 Å². The predicted octanol–water partition coefficient (Wildman–Crippen LogP) is 0.870. The molecule has 0 spiro atoms. The molecule has 2 aliphatic rings. The zero-order valence-corrected chi connectivity index (χ0v) is 8.85. The Morgan fingerprint density at radius 2 is 2.20 bits per heavy atom. The van der Waals surface area contributed by atoms with Crippen molar-refractivity contribution < 1.29 is 19.4 Å². The van der Waals surface area contributed by atoms with Crippen LogP contribution in [0.15, 0.2) is 0 Å². The SMILES string of the molecule is O=C(OCCCCO)C1CCC2OC2C1. The van der Waals surface area contributed by atoms with E-state index in [1.807, 2.05) is 0 Å². The van der Waals surface area contributed by atoms with Crippen LogP contribution in [0.1, 0.15) is 32.1 Å². The lowest BCUT2D eigenvalue weighted by molar-refractivity contribution is -0.149. The minimum Gasteiger partial charge on any atom is -0.465 e. The lowest BCUT2D eigenvalue weighted by Gasteiger charge is -2.17. The normalized spacial score (nSPS) is 33.3. The van der Waals surface area contributed by atoms with Gasteiger partial charge in [-0.2, -0.15) is 0 Å². The highest BCUT2D eigenvalue weighted by molar-refractivity contribution is 5.72. The molecule has 0 amide bonds. The second kappa shape index (κ2) is 4.94. The van der Waals surface area contributed by atoms with Crippen LogP contribution in [0, 0.1) is 5.92 Å². The van der Waals surface area contributed by atoms with Gasteiger partial charge < -0.3 is 14.6 Å². The van der Waals surface area contributed by atoms with Crippen molar-refractivity contribution in [3.05, 3.63) is 0 Å². The smallest absolute Gasteiger partial charge is 0.309 e. The number of ether oxygens (including phenoxy) is 2. The van der Waals surface area contributed by atoms with Gasteiger partial charge in [0.2, 0.25) is 0 Å². The number of aliphatic hydroxyl groups excluding tert-OH is 1. The fourth-order valence-corrected chi connectivity index (χ4v) is 2.12. The molecule has 0 aromatic heterocycles. The molecule has 1 aliphatic carbocycles. The van der Waals surface area contributed by atoms with Crippen molar-refractivity contribution in [2.45, 2.75) is 44.3 Å². The van der Waals surface area contributed by atoms with E-state index in [0.29, 0.717) is 25.2 Å². The van der Waals surface area contributed by atoms with Gasteiger partial charge in [-0.3, -0.25) is 4.79 Å². The highest BCUT2D eigenvalue weighted by Crippen LogP contribution is 2.39. The van der Waals surface area contributed by atoms with Crippen molar-refractivity contribution in [1.82, 2.24) is 0 Å². The topological polar surface area (TPSA) is 59.1 Å². The van der Waals surface area contributed by atoms with Gasteiger partial charge in [0.15, 0.2) is 0 Å². The summed E-state index contributed by atoms with van der Waals surface area (Å²) in [5.41, 5.74) is 0. The molecule has 0 bridgehead atoms. The molecule has 1 saturated heterocycles. The van der Waals surface area contributed by atoms with Gasteiger partial charge in [-0.1, -0.05) is 0 Å². The number of hydrogen-bond donors (Lipinski definition) is 1. The van der Waals surface area contributed by atoms with Gasteiger partial charge >= 0.3 is 5.97 Å². The van der Waals surface area contributed by atoms with Crippen LogP contribution >= 0.6 is 0 Å². The summed E-state index contributed by atoms with van der Waals surface area (Å²) in [4.78, 5) is 11.6. The molecule has 0 radical (unpaired) electrons. The zero-order chi connectivity index (χ0) is 10.7. The summed E-state index contributed by atoms with van der Waals surface area (Å²) < 4.78 is 10.5. The molecule has 2 fully saturated rings. The quantitative estimate of drug-likeness (QED) is 0.419. The maximum absolute atomic E-state index is 11.6. The average Bonchev–Trinajstić information content (AvgIpc) is 3.01. The number of aliphatic hydroxyl groups is 1. The summed E-state index contributed by atoms with van der Waals surface area (Å²) in [6, 6.07) is 0. The molecule has 3 unspecified atom stereocenters. The number of carbonyl (C=O) groups is 1. The minimum atomic E-state index is -0.0816. The Morgan fingerprint density at radius 1 is 1.33 bits per heavy atom. The van der Waals surface area contributed by atoms with Crippen LogP contribution in [0.3, 0.4) is 0 Å². The molecule has 86 valence electrons. The van der Waals surface area contributed by atoms with Crippen LogP contribution < -0.4 is 0 Å². The van der Waals surface area contributed by atoms with E-state index in [2.05, 4.69) is 0 Å². The largest absolute Gasteiger partial charge is 0.465 e. The van der Waals surface area contributed by atoms with Gasteiger partial charge in [0.05, 0.1) is 24.7 Å². The van der Waals surface area contributed by atoms with Crippen molar-refractivity contribution in [3.8, 4) is 0 Å². The first-order valence-electron chi connectivity index (χ1n) is 5.74. The Hall–Kier alpha value is -0.610. The summed E-state index contributed by atoms with van der Waals surface area (Å²) in [5, 5.41) is 8.56. The molecule has 1 N–H and O–H groups in total. The fourth-order valence-electron chi connectivity index (χ4n) is 2.12. The molecule has 2 rings (SSSR count). The molecular weight excluding hydrogens is 196 g/mol. The second-order valence-corrected chi connectivity index (χ2v) is 4.32. The van der Waals surface area contributed by atoms with Gasteiger partial charge in [-0.05, 0) is 32.1 Å². The Kier molecular flexibility index (Phi) is 3.59. The van der Waals surface area contributed by atoms with Crippen molar-refractivity contribution in [3.63, 3.8) is 0 Å². The average molecular weight is 214 g/mol. The lowest BCUT2D eigenvalue weighted by Crippen LogP contribution is -2.24. The van der Waals surface area contributed by atoms with Crippen LogP contribution in [0.4, 0.5) is 0 Å². The number of unbranched alkanes of at least 4 members (excludes halogenated alkanes) is 1. The molecule has 15 heavy (non-hydrogen) atoms. The molecule has 3 atom stereocenters. The first kappa shape index (κ1) is 10.9. The molecule has 1 heterocycles. The number of esters is 1. The Morgan fingerprint density at radius 3 is 2.93 bits per heavy atom. The Bertz CT molecular complexity index is 229. The summed E-state index contributed by atoms with van der Waals surface area (Å²) in [7, 11) is 0. The first-order valence-corrected chi connectivity index (χ1v) is 5.74. The number of epoxide rings is 1. The van der Waals surface area contributed by atoms with Crippen LogP contribution in [-0.4, -0.2) is 36.5 Å². The van der Waals surface area contributed by atoms with Crippen molar-refractivity contribution in [2.75, 3.05) is 13.2 Å². The van der Waals surface area contributed by atoms with Crippen molar-refractivity contribution in [1.29, 1.82) is 0 Å². The maximum atomic E-state index is 11.6. The third-order valence-electron chi connectivity index (χ3n) is 3.13. The van der Waals surface area contributed by atoms with Gasteiger partial charge in [0.1, 0.15) is 0 Å². The first-order chi connectivity index (χ1) is 7.31. The molecule has 4 nitrogen and oxygen atoms in total. The van der Waals surface area contributed by atoms with Crippen LogP contribution in [0.2, 0.25) is 0 Å². The number of hydrogen-bond acceptors (Lipinski definition) is 4. The number of fused-ring (bicyclic) bond motifs is 1. The third kappa shape index (κ3) is 2.92. The molecule has 4 heteroatoms. The fraction of sp³-hybridized carbons (Fsp3) is 0.909. The highest BCUT2D eigenvalue weighted by atomic mass is 16.6. The molecule has 0 aromatic rings. The Balaban J connectivity index is 1.62. The van der Waals surface area contributed by atoms with E-state index in [-0.39, 0.29) is 18.5 Å². The summed E-state index contributed by atoms with van der Waals surface area (Å²) in [6.45, 7) is 0.601. The second-order valence-electron chi connectivity index (χ2n) is 4.32. The lowest BCUT2D eigenvalue weighted by atomic mass is 9.89. The molecule has 1 aliphatic heterocycles. The van der Waals surface area contributed by atoms with E-state index >= 15 is 0 Å². The zero-order valence-electron chi connectivity index (χ0n) is 8.85. The molecule has 1 saturated carbocycles. The predicted molar refractivity (Wildman–Crippen MR) is 53.3 cm³/mol. The summed E-state index contributed by atoms with van der Waals surface area (Å²) in [5.74, 6) is -0.0373. The summed E-state index contributed by atoms with van der Waals surface area (Å²) in [6.07, 6.45) is 4.95. The Labute approximate surface area is 89.6 Å². The van der Waals surface area contributed by atoms with Gasteiger partial charge in [0, 0.05) is 6.61 Å².